The van der Waals surface area contributed by atoms with Crippen LogP contribution in [0.4, 0.5) is 13.2 Å². The number of carbonyl (C=O) groups is 1. The Bertz CT molecular complexity index is 1030. The molecular weight excluding hydrogens is 399 g/mol. The molecule has 4 rings (SSSR count). The molecule has 156 valence electrons. The van der Waals surface area contributed by atoms with Gasteiger partial charge in [0.25, 0.3) is 5.95 Å². The first-order chi connectivity index (χ1) is 14.4. The van der Waals surface area contributed by atoms with E-state index in [2.05, 4.69) is 20.4 Å². The Morgan fingerprint density at radius 2 is 2.03 bits per heavy atom. The molecule has 1 atom stereocenters. The van der Waals surface area contributed by atoms with Crippen molar-refractivity contribution >= 4 is 5.78 Å². The summed E-state index contributed by atoms with van der Waals surface area (Å²) in [5.41, 5.74) is 1.04. The van der Waals surface area contributed by atoms with Crippen molar-refractivity contribution in [1.29, 1.82) is 0 Å². The molecule has 3 aromatic rings. The first-order valence-electron chi connectivity index (χ1n) is 9.30. The second-order valence-electron chi connectivity index (χ2n) is 6.82. The van der Waals surface area contributed by atoms with Gasteiger partial charge in [-0.05, 0) is 17.2 Å². The maximum Gasteiger partial charge on any atom is 0.433 e. The highest BCUT2D eigenvalue weighted by molar-refractivity contribution is 5.97. The predicted octanol–water partition coefficient (Wildman–Crippen LogP) is 2.77. The molecule has 1 N–H and O–H groups in total. The van der Waals surface area contributed by atoms with Gasteiger partial charge in [-0.25, -0.2) is 14.6 Å². The standard InChI is InChI=1S/C20H18F3N5O2/c21-20(22,23)18-5-6-25-19(27-18)28-12-15(10-26-28)16(29)9-13-1-3-14(4-2-13)17-11-24-7-8-30-17/h1-6,10,12,17,24H,7-9,11H2/t17-/m1/s1. The quantitative estimate of drug-likeness (QED) is 0.643. The maximum absolute atomic E-state index is 12.8. The van der Waals surface area contributed by atoms with Crippen LogP contribution in [0.2, 0.25) is 0 Å². The van der Waals surface area contributed by atoms with E-state index in [-0.39, 0.29) is 29.8 Å². The Morgan fingerprint density at radius 1 is 1.23 bits per heavy atom. The van der Waals surface area contributed by atoms with Crippen LogP contribution >= 0.6 is 0 Å². The third kappa shape index (κ3) is 4.55. The van der Waals surface area contributed by atoms with Gasteiger partial charge in [-0.15, -0.1) is 0 Å². The van der Waals surface area contributed by atoms with E-state index >= 15 is 0 Å². The Labute approximate surface area is 169 Å². The van der Waals surface area contributed by atoms with Crippen LogP contribution < -0.4 is 5.32 Å². The molecule has 30 heavy (non-hydrogen) atoms. The number of aromatic nitrogens is 4. The Kier molecular flexibility index (Phi) is 5.60. The lowest BCUT2D eigenvalue weighted by atomic mass is 10.0. The highest BCUT2D eigenvalue weighted by Crippen LogP contribution is 2.27. The van der Waals surface area contributed by atoms with Crippen molar-refractivity contribution in [2.24, 2.45) is 0 Å². The van der Waals surface area contributed by atoms with E-state index in [1.54, 1.807) is 0 Å². The summed E-state index contributed by atoms with van der Waals surface area (Å²) in [5, 5.41) is 7.20. The molecule has 0 spiro atoms. The normalized spacial score (nSPS) is 17.1. The molecule has 3 heterocycles. The lowest BCUT2D eigenvalue weighted by molar-refractivity contribution is -0.141. The van der Waals surface area contributed by atoms with Crippen LogP contribution in [0.1, 0.15) is 33.3 Å². The van der Waals surface area contributed by atoms with E-state index in [1.807, 2.05) is 24.3 Å². The van der Waals surface area contributed by atoms with Crippen molar-refractivity contribution in [2.75, 3.05) is 19.7 Å². The monoisotopic (exact) mass is 417 g/mol. The number of hydrogen-bond donors (Lipinski definition) is 1. The molecule has 2 aromatic heterocycles. The van der Waals surface area contributed by atoms with Crippen LogP contribution in [0.3, 0.4) is 0 Å². The van der Waals surface area contributed by atoms with E-state index in [0.29, 0.717) is 6.61 Å². The Morgan fingerprint density at radius 3 is 2.73 bits per heavy atom. The van der Waals surface area contributed by atoms with Gasteiger partial charge >= 0.3 is 6.18 Å². The largest absolute Gasteiger partial charge is 0.433 e. The summed E-state index contributed by atoms with van der Waals surface area (Å²) in [7, 11) is 0. The van der Waals surface area contributed by atoms with Gasteiger partial charge < -0.3 is 10.1 Å². The summed E-state index contributed by atoms with van der Waals surface area (Å²) in [6.07, 6.45) is -0.834. The summed E-state index contributed by atoms with van der Waals surface area (Å²) in [6.45, 7) is 2.24. The average Bonchev–Trinajstić information content (AvgIpc) is 3.25. The van der Waals surface area contributed by atoms with Crippen molar-refractivity contribution in [3.05, 3.63) is 71.3 Å². The Balaban J connectivity index is 1.44. The van der Waals surface area contributed by atoms with Gasteiger partial charge in [0.1, 0.15) is 5.69 Å². The number of ketones is 1. The average molecular weight is 417 g/mol. The van der Waals surface area contributed by atoms with Crippen molar-refractivity contribution in [2.45, 2.75) is 18.7 Å². The molecular formula is C20H18F3N5O2. The van der Waals surface area contributed by atoms with Crippen molar-refractivity contribution in [3.63, 3.8) is 0 Å². The molecule has 1 aromatic carbocycles. The van der Waals surface area contributed by atoms with Gasteiger partial charge in [0.15, 0.2) is 5.78 Å². The van der Waals surface area contributed by atoms with Crippen LogP contribution in [-0.4, -0.2) is 45.2 Å². The summed E-state index contributed by atoms with van der Waals surface area (Å²) >= 11 is 0. The van der Waals surface area contributed by atoms with Gasteiger partial charge in [-0.3, -0.25) is 4.79 Å². The number of nitrogens with zero attached hydrogens (tertiary/aromatic N) is 4. The van der Waals surface area contributed by atoms with E-state index < -0.39 is 11.9 Å². The minimum atomic E-state index is -4.59. The topological polar surface area (TPSA) is 81.9 Å². The molecule has 0 amide bonds. The number of halogens is 3. The number of ether oxygens (including phenoxy) is 1. The molecule has 1 aliphatic heterocycles. The number of benzene rings is 1. The van der Waals surface area contributed by atoms with Gasteiger partial charge in [-0.2, -0.15) is 18.3 Å². The SMILES string of the molecule is O=C(Cc1ccc([C@H]2CNCCO2)cc1)c1cnn(-c2nccc(C(F)(F)F)n2)c1. The number of alkyl halides is 3. The van der Waals surface area contributed by atoms with Gasteiger partial charge in [0.2, 0.25) is 0 Å². The molecule has 1 fully saturated rings. The number of carbonyl (C=O) groups excluding carboxylic acids is 1. The summed E-state index contributed by atoms with van der Waals surface area (Å²) in [6, 6.07) is 8.37. The fraction of sp³-hybridized carbons (Fsp3) is 0.300. The zero-order valence-corrected chi connectivity index (χ0v) is 15.8. The fourth-order valence-electron chi connectivity index (χ4n) is 3.11. The minimum Gasteiger partial charge on any atom is -0.371 e. The summed E-state index contributed by atoms with van der Waals surface area (Å²) in [4.78, 5) is 19.8. The van der Waals surface area contributed by atoms with Crippen LogP contribution in [0.5, 0.6) is 0 Å². The van der Waals surface area contributed by atoms with E-state index in [9.17, 15) is 18.0 Å². The number of morpholine rings is 1. The summed E-state index contributed by atoms with van der Waals surface area (Å²) in [5.74, 6) is -0.467. The van der Waals surface area contributed by atoms with Gasteiger partial charge in [0, 0.05) is 31.9 Å². The smallest absolute Gasteiger partial charge is 0.371 e. The van der Waals surface area contributed by atoms with Gasteiger partial charge in [-0.1, -0.05) is 24.3 Å². The number of rotatable bonds is 5. The number of Topliss-reactive ketones (excluding diaryl/α,β-unsaturated/α-hetero) is 1. The first-order valence-corrected chi connectivity index (χ1v) is 9.30. The number of hydrogen-bond acceptors (Lipinski definition) is 6. The van der Waals surface area contributed by atoms with Gasteiger partial charge in [0.05, 0.1) is 24.5 Å². The first kappa shape index (κ1) is 20.2. The second-order valence-corrected chi connectivity index (χ2v) is 6.82. The van der Waals surface area contributed by atoms with Crippen LogP contribution in [0.25, 0.3) is 5.95 Å². The molecule has 1 saturated heterocycles. The van der Waals surface area contributed by atoms with Crippen molar-refractivity contribution < 1.29 is 22.7 Å². The van der Waals surface area contributed by atoms with Crippen LogP contribution in [-0.2, 0) is 17.3 Å². The molecule has 0 saturated carbocycles. The second kappa shape index (κ2) is 8.33. The molecule has 1 aliphatic rings. The zero-order chi connectivity index (χ0) is 21.1. The predicted molar refractivity (Wildman–Crippen MR) is 100 cm³/mol. The van der Waals surface area contributed by atoms with Crippen LogP contribution in [0, 0.1) is 0 Å². The lowest BCUT2D eigenvalue weighted by Gasteiger charge is -2.24. The van der Waals surface area contributed by atoms with Crippen molar-refractivity contribution in [1.82, 2.24) is 25.1 Å². The molecule has 0 aliphatic carbocycles. The third-order valence-corrected chi connectivity index (χ3v) is 4.69. The van der Waals surface area contributed by atoms with Crippen LogP contribution in [0.15, 0.2) is 48.9 Å². The lowest BCUT2D eigenvalue weighted by Crippen LogP contribution is -2.33. The molecule has 0 radical (unpaired) electrons. The highest BCUT2D eigenvalue weighted by atomic mass is 19.4. The zero-order valence-electron chi connectivity index (χ0n) is 15.8. The minimum absolute atomic E-state index is 0.00537. The highest BCUT2D eigenvalue weighted by Gasteiger charge is 2.33. The number of nitrogens with one attached hydrogen (secondary N) is 1. The Hall–Kier alpha value is -3.11. The third-order valence-electron chi connectivity index (χ3n) is 4.69. The molecule has 7 nitrogen and oxygen atoms in total. The molecule has 10 heteroatoms. The van der Waals surface area contributed by atoms with E-state index in [0.717, 1.165) is 41.2 Å². The van der Waals surface area contributed by atoms with E-state index in [4.69, 9.17) is 4.74 Å². The maximum atomic E-state index is 12.8. The van der Waals surface area contributed by atoms with Crippen molar-refractivity contribution in [3.8, 4) is 5.95 Å². The fourth-order valence-corrected chi connectivity index (χ4v) is 3.11. The molecule has 0 unspecified atom stereocenters. The molecule has 0 bridgehead atoms. The summed E-state index contributed by atoms with van der Waals surface area (Å²) < 4.78 is 45.2. The van der Waals surface area contributed by atoms with E-state index in [1.165, 1.54) is 12.4 Å².